The number of carbonyl (C=O) groups is 1. The molecule has 0 spiro atoms. The molecule has 2 N–H and O–H groups in total. The topological polar surface area (TPSA) is 98.7 Å². The zero-order chi connectivity index (χ0) is 17.9. The molecule has 2 rings (SSSR count). The minimum atomic E-state index is -0.601. The number of para-hydroxylation sites is 1. The quantitative estimate of drug-likeness (QED) is 0.516. The van der Waals surface area contributed by atoms with Gasteiger partial charge in [-0.05, 0) is 25.1 Å². The third-order valence-electron chi connectivity index (χ3n) is 3.96. The minimum Gasteiger partial charge on any atom is -0.496 e. The van der Waals surface area contributed by atoms with Gasteiger partial charge in [0.05, 0.1) is 18.1 Å². The van der Waals surface area contributed by atoms with Crippen molar-refractivity contribution in [2.45, 2.75) is 13.0 Å². The molecule has 0 aliphatic carbocycles. The number of nitro benzene ring substituents is 1. The van der Waals surface area contributed by atoms with Crippen LogP contribution in [0.15, 0.2) is 42.5 Å². The Morgan fingerprint density at radius 1 is 1.29 bits per heavy atom. The molecule has 0 aliphatic heterocycles. The van der Waals surface area contributed by atoms with Gasteiger partial charge in [-0.25, -0.2) is 0 Å². The first-order valence-corrected chi connectivity index (χ1v) is 7.30. The summed E-state index contributed by atoms with van der Waals surface area (Å²) in [4.78, 5) is 24.6. The maximum atomic E-state index is 12.7. The van der Waals surface area contributed by atoms with Crippen LogP contribution < -0.4 is 10.5 Å². The van der Waals surface area contributed by atoms with Gasteiger partial charge in [-0.15, -0.1) is 0 Å². The minimum absolute atomic E-state index is 0.0250. The highest BCUT2D eigenvalue weighted by molar-refractivity contribution is 5.95. The number of amides is 1. The number of rotatable bonds is 5. The molecule has 0 saturated carbocycles. The molecule has 7 nitrogen and oxygen atoms in total. The lowest BCUT2D eigenvalue weighted by Gasteiger charge is -2.26. The maximum Gasteiger partial charge on any atom is 0.292 e. The first-order valence-electron chi connectivity index (χ1n) is 7.30. The van der Waals surface area contributed by atoms with Crippen LogP contribution in [-0.4, -0.2) is 29.9 Å². The molecule has 24 heavy (non-hydrogen) atoms. The second kappa shape index (κ2) is 6.99. The highest BCUT2D eigenvalue weighted by Gasteiger charge is 2.23. The third-order valence-corrected chi connectivity index (χ3v) is 3.96. The number of benzene rings is 2. The standard InChI is InChI=1S/C17H19N3O4/c1-11(13-6-4-5-7-16(13)24-3)19(2)17(21)12-8-9-14(18)15(10-12)20(22)23/h4-11H,18H2,1-3H3/t11-/m0/s1. The van der Waals surface area contributed by atoms with Crippen molar-refractivity contribution in [2.75, 3.05) is 19.9 Å². The third kappa shape index (κ3) is 3.29. The van der Waals surface area contributed by atoms with Crippen molar-refractivity contribution in [3.05, 3.63) is 63.7 Å². The van der Waals surface area contributed by atoms with Gasteiger partial charge in [0.2, 0.25) is 0 Å². The summed E-state index contributed by atoms with van der Waals surface area (Å²) in [7, 11) is 3.21. The normalized spacial score (nSPS) is 11.6. The van der Waals surface area contributed by atoms with Crippen molar-refractivity contribution in [3.8, 4) is 5.75 Å². The Kier molecular flexibility index (Phi) is 5.03. The molecule has 2 aromatic carbocycles. The van der Waals surface area contributed by atoms with Crippen molar-refractivity contribution in [1.29, 1.82) is 0 Å². The van der Waals surface area contributed by atoms with E-state index in [1.807, 2.05) is 31.2 Å². The SMILES string of the molecule is COc1ccccc1[C@H](C)N(C)C(=O)c1ccc(N)c([N+](=O)[O-])c1. The number of hydrogen-bond acceptors (Lipinski definition) is 5. The summed E-state index contributed by atoms with van der Waals surface area (Å²) in [6.45, 7) is 1.86. The van der Waals surface area contributed by atoms with Gasteiger partial charge in [0.15, 0.2) is 0 Å². The van der Waals surface area contributed by atoms with Gasteiger partial charge in [-0.2, -0.15) is 0 Å². The average Bonchev–Trinajstić information content (AvgIpc) is 2.59. The molecule has 0 bridgehead atoms. The summed E-state index contributed by atoms with van der Waals surface area (Å²) in [6.07, 6.45) is 0. The molecule has 0 saturated heterocycles. The molecule has 0 radical (unpaired) electrons. The molecular formula is C17H19N3O4. The predicted molar refractivity (Wildman–Crippen MR) is 91.0 cm³/mol. The largest absolute Gasteiger partial charge is 0.496 e. The zero-order valence-electron chi connectivity index (χ0n) is 13.7. The predicted octanol–water partition coefficient (Wildman–Crippen LogP) is 3.02. The van der Waals surface area contributed by atoms with Crippen LogP contribution in [0.1, 0.15) is 28.9 Å². The van der Waals surface area contributed by atoms with E-state index in [1.165, 1.54) is 23.1 Å². The van der Waals surface area contributed by atoms with Crippen molar-refractivity contribution in [1.82, 2.24) is 4.90 Å². The van der Waals surface area contributed by atoms with E-state index in [-0.39, 0.29) is 28.9 Å². The fraction of sp³-hybridized carbons (Fsp3) is 0.235. The Bertz CT molecular complexity index is 776. The maximum absolute atomic E-state index is 12.7. The number of hydrogen-bond donors (Lipinski definition) is 1. The Morgan fingerprint density at radius 3 is 2.58 bits per heavy atom. The molecule has 126 valence electrons. The van der Waals surface area contributed by atoms with Crippen molar-refractivity contribution in [3.63, 3.8) is 0 Å². The summed E-state index contributed by atoms with van der Waals surface area (Å²) in [5, 5.41) is 11.0. The molecule has 0 aliphatic rings. The zero-order valence-corrected chi connectivity index (χ0v) is 13.7. The molecule has 0 fully saturated rings. The van der Waals surface area contributed by atoms with Gasteiger partial charge in [0.1, 0.15) is 11.4 Å². The van der Waals surface area contributed by atoms with Gasteiger partial charge in [0, 0.05) is 24.2 Å². The van der Waals surface area contributed by atoms with E-state index in [0.717, 1.165) is 5.56 Å². The van der Waals surface area contributed by atoms with Gasteiger partial charge in [0.25, 0.3) is 11.6 Å². The van der Waals surface area contributed by atoms with E-state index < -0.39 is 4.92 Å². The fourth-order valence-electron chi connectivity index (χ4n) is 2.43. The van der Waals surface area contributed by atoms with Crippen LogP contribution in [0.5, 0.6) is 5.75 Å². The van der Waals surface area contributed by atoms with Crippen LogP contribution in [0, 0.1) is 10.1 Å². The van der Waals surface area contributed by atoms with Crippen molar-refractivity contribution in [2.24, 2.45) is 0 Å². The lowest BCUT2D eigenvalue weighted by molar-refractivity contribution is -0.383. The Balaban J connectivity index is 2.32. The van der Waals surface area contributed by atoms with Crippen LogP contribution in [0.3, 0.4) is 0 Å². The fourth-order valence-corrected chi connectivity index (χ4v) is 2.43. The van der Waals surface area contributed by atoms with Crippen molar-refractivity contribution >= 4 is 17.3 Å². The molecular weight excluding hydrogens is 310 g/mol. The molecule has 0 heterocycles. The lowest BCUT2D eigenvalue weighted by atomic mass is 10.0. The van der Waals surface area contributed by atoms with Gasteiger partial charge < -0.3 is 15.4 Å². The number of methoxy groups -OCH3 is 1. The van der Waals surface area contributed by atoms with Crippen molar-refractivity contribution < 1.29 is 14.5 Å². The van der Waals surface area contributed by atoms with E-state index in [2.05, 4.69) is 0 Å². The molecule has 1 atom stereocenters. The lowest BCUT2D eigenvalue weighted by Crippen LogP contribution is -2.30. The summed E-state index contributed by atoms with van der Waals surface area (Å²) in [5.41, 5.74) is 6.38. The van der Waals surface area contributed by atoms with Crippen LogP contribution in [0.25, 0.3) is 0 Å². The number of carbonyl (C=O) groups excluding carboxylic acids is 1. The number of nitrogens with zero attached hydrogens (tertiary/aromatic N) is 2. The van der Waals surface area contributed by atoms with Crippen LogP contribution in [0.4, 0.5) is 11.4 Å². The van der Waals surface area contributed by atoms with E-state index in [1.54, 1.807) is 14.2 Å². The van der Waals surface area contributed by atoms with Crippen LogP contribution >= 0.6 is 0 Å². The van der Waals surface area contributed by atoms with E-state index in [9.17, 15) is 14.9 Å². The van der Waals surface area contributed by atoms with Gasteiger partial charge in [-0.3, -0.25) is 14.9 Å². The summed E-state index contributed by atoms with van der Waals surface area (Å²) in [6, 6.07) is 11.2. The first-order chi connectivity index (χ1) is 11.4. The monoisotopic (exact) mass is 329 g/mol. The summed E-state index contributed by atoms with van der Waals surface area (Å²) in [5.74, 6) is 0.337. The Hall–Kier alpha value is -3.09. The average molecular weight is 329 g/mol. The Labute approximate surface area is 139 Å². The smallest absolute Gasteiger partial charge is 0.292 e. The van der Waals surface area contributed by atoms with Gasteiger partial charge >= 0.3 is 0 Å². The second-order valence-corrected chi connectivity index (χ2v) is 5.36. The van der Waals surface area contributed by atoms with Gasteiger partial charge in [-0.1, -0.05) is 18.2 Å². The molecule has 1 amide bonds. The Morgan fingerprint density at radius 2 is 1.96 bits per heavy atom. The number of anilines is 1. The summed E-state index contributed by atoms with van der Waals surface area (Å²) < 4.78 is 5.32. The highest BCUT2D eigenvalue weighted by atomic mass is 16.6. The molecule has 0 aromatic heterocycles. The van der Waals surface area contributed by atoms with E-state index in [0.29, 0.717) is 5.75 Å². The number of nitrogen functional groups attached to an aromatic ring is 1. The molecule has 7 heteroatoms. The second-order valence-electron chi connectivity index (χ2n) is 5.36. The summed E-state index contributed by atoms with van der Waals surface area (Å²) >= 11 is 0. The number of nitrogens with two attached hydrogens (primary N) is 1. The van der Waals surface area contributed by atoms with E-state index in [4.69, 9.17) is 10.5 Å². The number of nitro groups is 1. The number of ether oxygens (including phenoxy) is 1. The van der Waals surface area contributed by atoms with Crippen LogP contribution in [-0.2, 0) is 0 Å². The first kappa shape index (κ1) is 17.3. The molecule has 0 unspecified atom stereocenters. The van der Waals surface area contributed by atoms with Crippen LogP contribution in [0.2, 0.25) is 0 Å². The van der Waals surface area contributed by atoms with E-state index >= 15 is 0 Å². The highest BCUT2D eigenvalue weighted by Crippen LogP contribution is 2.30. The molecule has 2 aromatic rings.